The van der Waals surface area contributed by atoms with Gasteiger partial charge in [0.05, 0.1) is 12.8 Å². The first kappa shape index (κ1) is 24.8. The monoisotopic (exact) mass is 513 g/mol. The first-order chi connectivity index (χ1) is 18.3. The summed E-state index contributed by atoms with van der Waals surface area (Å²) < 4.78 is 7.87. The zero-order valence-corrected chi connectivity index (χ0v) is 21.3. The number of hydrogen-bond acceptors (Lipinski definition) is 6. The average molecular weight is 514 g/mol. The summed E-state index contributed by atoms with van der Waals surface area (Å²) >= 11 is 0. The van der Waals surface area contributed by atoms with E-state index in [2.05, 4.69) is 10.1 Å². The number of rotatable bonds is 7. The van der Waals surface area contributed by atoms with E-state index >= 15 is 0 Å². The quantitative estimate of drug-likeness (QED) is 0.405. The van der Waals surface area contributed by atoms with Crippen LogP contribution in [0.3, 0.4) is 0 Å². The number of aromatic nitrogens is 4. The predicted molar refractivity (Wildman–Crippen MR) is 143 cm³/mol. The van der Waals surface area contributed by atoms with Crippen molar-refractivity contribution in [3.63, 3.8) is 0 Å². The van der Waals surface area contributed by atoms with Crippen molar-refractivity contribution in [3.05, 3.63) is 82.4 Å². The van der Waals surface area contributed by atoms with Crippen LogP contribution in [0.1, 0.15) is 22.8 Å². The number of methoxy groups -OCH3 is 1. The van der Waals surface area contributed by atoms with Gasteiger partial charge in [-0.1, -0.05) is 25.1 Å². The Labute approximate surface area is 218 Å². The van der Waals surface area contributed by atoms with Crippen LogP contribution in [-0.2, 0) is 13.5 Å². The van der Waals surface area contributed by atoms with Gasteiger partial charge in [-0.2, -0.15) is 0 Å². The number of aryl methyl sites for hydroxylation is 1. The molecule has 0 bridgehead atoms. The number of primary amides is 1. The van der Waals surface area contributed by atoms with E-state index in [1.807, 2.05) is 37.3 Å². The van der Waals surface area contributed by atoms with Crippen LogP contribution in [0.5, 0.6) is 6.01 Å². The van der Waals surface area contributed by atoms with Gasteiger partial charge in [-0.3, -0.25) is 14.6 Å². The molecule has 194 valence electrons. The van der Waals surface area contributed by atoms with E-state index in [0.717, 1.165) is 16.7 Å². The van der Waals surface area contributed by atoms with E-state index in [1.54, 1.807) is 47.3 Å². The summed E-state index contributed by atoms with van der Waals surface area (Å²) in [5.74, 6) is 0.0497. The molecule has 2 N–H and O–H groups in total. The molecule has 0 aliphatic carbocycles. The minimum atomic E-state index is -0.546. The molecule has 11 nitrogen and oxygen atoms in total. The molecule has 4 aromatic rings. The zero-order chi connectivity index (χ0) is 27.0. The minimum Gasteiger partial charge on any atom is -0.467 e. The SMILES string of the molecule is CCc1c(-c2ccc(-n3c(OC)nn(C)c3=O)cc2)ccnc1N1CCN(c2cccc(C(N)=O)c2)C1=O. The van der Waals surface area contributed by atoms with E-state index in [9.17, 15) is 14.4 Å². The summed E-state index contributed by atoms with van der Waals surface area (Å²) in [6.45, 7) is 2.92. The number of ether oxygens (including phenoxy) is 1. The van der Waals surface area contributed by atoms with Crippen LogP contribution in [0.4, 0.5) is 16.3 Å². The Hall–Kier alpha value is -4.93. The normalized spacial score (nSPS) is 13.3. The molecule has 3 heterocycles. The van der Waals surface area contributed by atoms with Gasteiger partial charge in [0.25, 0.3) is 0 Å². The van der Waals surface area contributed by atoms with Gasteiger partial charge in [-0.05, 0) is 53.9 Å². The first-order valence-electron chi connectivity index (χ1n) is 12.1. The molecule has 5 rings (SSSR count). The third kappa shape index (κ3) is 4.17. The first-order valence-corrected chi connectivity index (χ1v) is 12.1. The lowest BCUT2D eigenvalue weighted by molar-refractivity contribution is 0.1000. The van der Waals surface area contributed by atoms with Crippen molar-refractivity contribution in [2.24, 2.45) is 12.8 Å². The van der Waals surface area contributed by atoms with Gasteiger partial charge in [0.1, 0.15) is 5.82 Å². The maximum absolute atomic E-state index is 13.4. The van der Waals surface area contributed by atoms with E-state index in [-0.39, 0.29) is 17.7 Å². The lowest BCUT2D eigenvalue weighted by atomic mass is 9.98. The molecule has 11 heteroatoms. The fourth-order valence-electron chi connectivity index (χ4n) is 4.72. The van der Waals surface area contributed by atoms with Crippen molar-refractivity contribution in [1.82, 2.24) is 19.3 Å². The summed E-state index contributed by atoms with van der Waals surface area (Å²) in [7, 11) is 3.03. The highest BCUT2D eigenvalue weighted by Gasteiger charge is 2.33. The van der Waals surface area contributed by atoms with Gasteiger partial charge < -0.3 is 10.5 Å². The fourth-order valence-corrected chi connectivity index (χ4v) is 4.72. The molecule has 0 saturated carbocycles. The van der Waals surface area contributed by atoms with Gasteiger partial charge in [0.15, 0.2) is 0 Å². The summed E-state index contributed by atoms with van der Waals surface area (Å²) in [6, 6.07) is 16.1. The third-order valence-electron chi connectivity index (χ3n) is 6.61. The Morgan fingerprint density at radius 3 is 2.45 bits per heavy atom. The molecule has 1 aliphatic rings. The van der Waals surface area contributed by atoms with Crippen molar-refractivity contribution in [2.75, 3.05) is 30.0 Å². The fraction of sp³-hybridized carbons (Fsp3) is 0.222. The van der Waals surface area contributed by atoms with Gasteiger partial charge in [0, 0.05) is 43.1 Å². The highest BCUT2D eigenvalue weighted by molar-refractivity contribution is 6.07. The van der Waals surface area contributed by atoms with Crippen molar-refractivity contribution in [2.45, 2.75) is 13.3 Å². The standard InChI is InChI=1S/C27H27N7O4/c1-4-21-22(17-8-10-19(11-9-17)34-25(38-3)30-31(2)26(34)36)12-13-29-24(21)33-15-14-32(27(33)37)20-7-5-6-18(16-20)23(28)35/h5-13,16H,4,14-15H2,1-3H3,(H2,28,35). The molecule has 2 aromatic heterocycles. The summed E-state index contributed by atoms with van der Waals surface area (Å²) in [6.07, 6.45) is 2.34. The smallest absolute Gasteiger partial charge is 0.353 e. The number of benzene rings is 2. The number of amides is 3. The van der Waals surface area contributed by atoms with Crippen molar-refractivity contribution < 1.29 is 14.3 Å². The number of hydrogen-bond donors (Lipinski definition) is 1. The highest BCUT2D eigenvalue weighted by Crippen LogP contribution is 2.33. The Kier molecular flexibility index (Phi) is 6.41. The van der Waals surface area contributed by atoms with Gasteiger partial charge >= 0.3 is 17.7 Å². The van der Waals surface area contributed by atoms with Gasteiger partial charge in [-0.25, -0.2) is 23.8 Å². The molecule has 0 radical (unpaired) electrons. The minimum absolute atomic E-state index is 0.198. The number of carbonyl (C=O) groups excluding carboxylic acids is 2. The molecule has 1 saturated heterocycles. The van der Waals surface area contributed by atoms with Crippen LogP contribution in [0.25, 0.3) is 16.8 Å². The second-order valence-electron chi connectivity index (χ2n) is 8.79. The Balaban J connectivity index is 1.47. The lowest BCUT2D eigenvalue weighted by Crippen LogP contribution is -2.33. The maximum atomic E-state index is 13.4. The molecule has 3 amide bonds. The molecule has 0 atom stereocenters. The second kappa shape index (κ2) is 9.85. The largest absolute Gasteiger partial charge is 0.467 e. The third-order valence-corrected chi connectivity index (χ3v) is 6.61. The molecule has 1 fully saturated rings. The van der Waals surface area contributed by atoms with E-state index < -0.39 is 5.91 Å². The topological polar surface area (TPSA) is 129 Å². The number of carbonyl (C=O) groups is 2. The van der Waals surface area contributed by atoms with Crippen LogP contribution < -0.4 is 26.0 Å². The molecule has 0 spiro atoms. The number of pyridine rings is 1. The second-order valence-corrected chi connectivity index (χ2v) is 8.79. The summed E-state index contributed by atoms with van der Waals surface area (Å²) in [5, 5.41) is 4.09. The maximum Gasteiger partial charge on any atom is 0.353 e. The van der Waals surface area contributed by atoms with E-state index in [1.165, 1.54) is 16.4 Å². The highest BCUT2D eigenvalue weighted by atomic mass is 16.5. The van der Waals surface area contributed by atoms with Gasteiger partial charge in [0.2, 0.25) is 5.91 Å². The Morgan fingerprint density at radius 1 is 1.03 bits per heavy atom. The van der Waals surface area contributed by atoms with Crippen molar-refractivity contribution in [3.8, 4) is 22.8 Å². The molecule has 2 aromatic carbocycles. The van der Waals surface area contributed by atoms with E-state index in [0.29, 0.717) is 42.3 Å². The molecule has 38 heavy (non-hydrogen) atoms. The number of anilines is 2. The van der Waals surface area contributed by atoms with Crippen LogP contribution in [0.2, 0.25) is 0 Å². The van der Waals surface area contributed by atoms with Crippen molar-refractivity contribution >= 4 is 23.4 Å². The van der Waals surface area contributed by atoms with Gasteiger partial charge in [-0.15, -0.1) is 5.10 Å². The van der Waals surface area contributed by atoms with Crippen LogP contribution in [0, 0.1) is 0 Å². The Morgan fingerprint density at radius 2 is 1.76 bits per heavy atom. The summed E-state index contributed by atoms with van der Waals surface area (Å²) in [5.41, 5.74) is 9.48. The molecule has 1 aliphatic heterocycles. The molecular weight excluding hydrogens is 486 g/mol. The van der Waals surface area contributed by atoms with Crippen LogP contribution >= 0.6 is 0 Å². The Bertz CT molecular complexity index is 1590. The molecular formula is C27H27N7O4. The van der Waals surface area contributed by atoms with Crippen molar-refractivity contribution in [1.29, 1.82) is 0 Å². The number of urea groups is 1. The van der Waals surface area contributed by atoms with Crippen LogP contribution in [0.15, 0.2) is 65.6 Å². The number of nitrogens with two attached hydrogens (primary N) is 1. The number of nitrogens with zero attached hydrogens (tertiary/aromatic N) is 6. The van der Waals surface area contributed by atoms with Crippen LogP contribution in [-0.4, -0.2) is 51.5 Å². The lowest BCUT2D eigenvalue weighted by Gasteiger charge is -2.22. The average Bonchev–Trinajstić information content (AvgIpc) is 3.46. The molecule has 0 unspecified atom stereocenters. The predicted octanol–water partition coefficient (Wildman–Crippen LogP) is 2.75. The van der Waals surface area contributed by atoms with E-state index in [4.69, 9.17) is 10.5 Å². The summed E-state index contributed by atoms with van der Waals surface area (Å²) in [4.78, 5) is 45.4. The zero-order valence-electron chi connectivity index (χ0n) is 21.3.